The summed E-state index contributed by atoms with van der Waals surface area (Å²) in [5, 5.41) is 15.2. The van der Waals surface area contributed by atoms with E-state index in [-0.39, 0.29) is 0 Å². The molecule has 0 aliphatic rings. The molecule has 0 unspecified atom stereocenters. The SMILES string of the molecule is c1ccc2c(c1)ccc1cc(-n3c4ccccc4c4cc5c(cc43)c3ccccc3n5-c3ccc4c(ccc5ccccc54)c3)ccc12. The van der Waals surface area contributed by atoms with Gasteiger partial charge in [-0.05, 0) is 91.6 Å². The molecular formula is C46H28N2. The van der Waals surface area contributed by atoms with Crippen molar-refractivity contribution < 1.29 is 0 Å². The first kappa shape index (κ1) is 25.8. The van der Waals surface area contributed by atoms with Gasteiger partial charge in [0, 0.05) is 32.9 Å². The van der Waals surface area contributed by atoms with Gasteiger partial charge in [0.2, 0.25) is 0 Å². The predicted molar refractivity (Wildman–Crippen MR) is 205 cm³/mol. The zero-order chi connectivity index (χ0) is 31.3. The van der Waals surface area contributed by atoms with Gasteiger partial charge >= 0.3 is 0 Å². The van der Waals surface area contributed by atoms with E-state index in [0.717, 1.165) is 0 Å². The summed E-state index contributed by atoms with van der Waals surface area (Å²) in [4.78, 5) is 0. The van der Waals surface area contributed by atoms with Crippen molar-refractivity contribution in [3.8, 4) is 11.4 Å². The van der Waals surface area contributed by atoms with E-state index in [0.29, 0.717) is 0 Å². The minimum Gasteiger partial charge on any atom is -0.309 e. The van der Waals surface area contributed by atoms with Gasteiger partial charge in [-0.3, -0.25) is 0 Å². The van der Waals surface area contributed by atoms with Crippen LogP contribution in [0.2, 0.25) is 0 Å². The van der Waals surface area contributed by atoms with Crippen molar-refractivity contribution in [3.05, 3.63) is 170 Å². The lowest BCUT2D eigenvalue weighted by atomic mass is 10.0. The highest BCUT2D eigenvalue weighted by atomic mass is 15.0. The first-order chi connectivity index (χ1) is 23.8. The third kappa shape index (κ3) is 3.52. The van der Waals surface area contributed by atoms with Gasteiger partial charge in [0.1, 0.15) is 0 Å². The fourth-order valence-corrected chi connectivity index (χ4v) is 8.27. The number of benzene rings is 9. The maximum Gasteiger partial charge on any atom is 0.0548 e. The van der Waals surface area contributed by atoms with Crippen LogP contribution in [0.4, 0.5) is 0 Å². The number of hydrogen-bond donors (Lipinski definition) is 0. The Hall–Kier alpha value is -6.38. The Kier molecular flexibility index (Phi) is 5.14. The van der Waals surface area contributed by atoms with Gasteiger partial charge < -0.3 is 9.13 Å². The van der Waals surface area contributed by atoms with E-state index in [1.807, 2.05) is 0 Å². The molecule has 0 aliphatic carbocycles. The molecule has 0 radical (unpaired) electrons. The van der Waals surface area contributed by atoms with E-state index in [2.05, 4.69) is 179 Å². The average Bonchev–Trinajstić information content (AvgIpc) is 3.65. The largest absolute Gasteiger partial charge is 0.309 e. The molecule has 2 aromatic heterocycles. The molecule has 2 nitrogen and oxygen atoms in total. The van der Waals surface area contributed by atoms with E-state index >= 15 is 0 Å². The number of aromatic nitrogens is 2. The van der Waals surface area contributed by atoms with Crippen LogP contribution in [0.5, 0.6) is 0 Å². The molecule has 0 amide bonds. The van der Waals surface area contributed by atoms with Gasteiger partial charge in [0.05, 0.1) is 22.1 Å². The molecule has 11 rings (SSSR count). The van der Waals surface area contributed by atoms with Crippen LogP contribution in [-0.2, 0) is 0 Å². The molecule has 0 saturated heterocycles. The van der Waals surface area contributed by atoms with E-state index < -0.39 is 0 Å². The van der Waals surface area contributed by atoms with Crippen LogP contribution in [0, 0.1) is 0 Å². The van der Waals surface area contributed by atoms with Crippen molar-refractivity contribution in [1.82, 2.24) is 9.13 Å². The molecule has 0 aliphatic heterocycles. The van der Waals surface area contributed by atoms with Gasteiger partial charge in [-0.2, -0.15) is 0 Å². The molecule has 0 bridgehead atoms. The minimum absolute atomic E-state index is 1.17. The maximum absolute atomic E-state index is 2.45. The van der Waals surface area contributed by atoms with Crippen molar-refractivity contribution in [1.29, 1.82) is 0 Å². The van der Waals surface area contributed by atoms with Gasteiger partial charge in [-0.1, -0.05) is 121 Å². The minimum atomic E-state index is 1.17. The van der Waals surface area contributed by atoms with Gasteiger partial charge in [0.25, 0.3) is 0 Å². The van der Waals surface area contributed by atoms with Crippen LogP contribution in [0.1, 0.15) is 0 Å². The van der Waals surface area contributed by atoms with Crippen molar-refractivity contribution >= 4 is 86.7 Å². The lowest BCUT2D eigenvalue weighted by Gasteiger charge is -2.12. The van der Waals surface area contributed by atoms with E-state index in [9.17, 15) is 0 Å². The van der Waals surface area contributed by atoms with Crippen LogP contribution < -0.4 is 0 Å². The lowest BCUT2D eigenvalue weighted by molar-refractivity contribution is 1.18. The first-order valence-corrected chi connectivity index (χ1v) is 16.6. The highest BCUT2D eigenvalue weighted by Gasteiger charge is 2.19. The van der Waals surface area contributed by atoms with Crippen molar-refractivity contribution in [3.63, 3.8) is 0 Å². The van der Waals surface area contributed by atoms with E-state index in [1.165, 1.54) is 98.1 Å². The summed E-state index contributed by atoms with van der Waals surface area (Å²) >= 11 is 0. The summed E-state index contributed by atoms with van der Waals surface area (Å²) in [7, 11) is 0. The molecule has 2 heterocycles. The van der Waals surface area contributed by atoms with Crippen LogP contribution in [-0.4, -0.2) is 9.13 Å². The van der Waals surface area contributed by atoms with Crippen LogP contribution >= 0.6 is 0 Å². The molecule has 0 saturated carbocycles. The molecule has 222 valence electrons. The molecule has 11 aromatic rings. The Bertz CT molecular complexity index is 2910. The summed E-state index contributed by atoms with van der Waals surface area (Å²) in [6.45, 7) is 0. The summed E-state index contributed by atoms with van der Waals surface area (Å²) < 4.78 is 4.90. The van der Waals surface area contributed by atoms with E-state index in [4.69, 9.17) is 0 Å². The molecule has 0 N–H and O–H groups in total. The molecule has 0 spiro atoms. The summed E-state index contributed by atoms with van der Waals surface area (Å²) in [5.74, 6) is 0. The van der Waals surface area contributed by atoms with Gasteiger partial charge in [0.15, 0.2) is 0 Å². The second-order valence-corrected chi connectivity index (χ2v) is 13.0. The molecule has 0 fully saturated rings. The lowest BCUT2D eigenvalue weighted by Crippen LogP contribution is -1.95. The molecule has 2 heteroatoms. The second kappa shape index (κ2) is 9.57. The number of hydrogen-bond acceptors (Lipinski definition) is 0. The summed E-state index contributed by atoms with van der Waals surface area (Å²) in [5.41, 5.74) is 7.22. The summed E-state index contributed by atoms with van der Waals surface area (Å²) in [6.07, 6.45) is 0. The Morgan fingerprint density at radius 2 is 0.604 bits per heavy atom. The number of nitrogens with zero attached hydrogens (tertiary/aromatic N) is 2. The monoisotopic (exact) mass is 608 g/mol. The Balaban J connectivity index is 1.20. The second-order valence-electron chi connectivity index (χ2n) is 13.0. The van der Waals surface area contributed by atoms with Crippen LogP contribution in [0.3, 0.4) is 0 Å². The fraction of sp³-hybridized carbons (Fsp3) is 0. The Labute approximate surface area is 276 Å². The van der Waals surface area contributed by atoms with Crippen LogP contribution in [0.15, 0.2) is 170 Å². The van der Waals surface area contributed by atoms with Crippen molar-refractivity contribution in [2.45, 2.75) is 0 Å². The maximum atomic E-state index is 2.45. The quantitative estimate of drug-likeness (QED) is 0.173. The Morgan fingerprint density at radius 1 is 0.229 bits per heavy atom. The molecule has 9 aromatic carbocycles. The third-order valence-corrected chi connectivity index (χ3v) is 10.4. The number of para-hydroxylation sites is 2. The molecule has 0 atom stereocenters. The fourth-order valence-electron chi connectivity index (χ4n) is 8.27. The molecular weight excluding hydrogens is 581 g/mol. The number of rotatable bonds is 2. The molecule has 48 heavy (non-hydrogen) atoms. The van der Waals surface area contributed by atoms with Gasteiger partial charge in [-0.25, -0.2) is 0 Å². The third-order valence-electron chi connectivity index (χ3n) is 10.4. The highest BCUT2D eigenvalue weighted by Crippen LogP contribution is 2.41. The topological polar surface area (TPSA) is 9.86 Å². The zero-order valence-electron chi connectivity index (χ0n) is 26.1. The van der Waals surface area contributed by atoms with Gasteiger partial charge in [-0.15, -0.1) is 0 Å². The zero-order valence-corrected chi connectivity index (χ0v) is 26.1. The normalized spacial score (nSPS) is 12.2. The van der Waals surface area contributed by atoms with E-state index in [1.54, 1.807) is 0 Å². The standard InChI is InChI=1S/C46H28N2/c1-3-11-35-29(9-1)17-19-31-25-33(21-23-37(31)35)47-43-15-7-5-13-39(43)41-28-46-42(27-45(41)47)40-14-6-8-16-44(40)48(46)34-22-24-38-32(26-34)20-18-30-10-2-4-12-36(30)38/h1-28H. The first-order valence-electron chi connectivity index (χ1n) is 16.6. The van der Waals surface area contributed by atoms with Crippen molar-refractivity contribution in [2.24, 2.45) is 0 Å². The smallest absolute Gasteiger partial charge is 0.0548 e. The number of fused-ring (bicyclic) bond motifs is 12. The predicted octanol–water partition coefficient (Wildman–Crippen LogP) is 12.5. The van der Waals surface area contributed by atoms with Crippen LogP contribution in [0.25, 0.3) is 98.1 Å². The summed E-state index contributed by atoms with van der Waals surface area (Å²) in [6, 6.07) is 62.7. The average molecular weight is 609 g/mol. The highest BCUT2D eigenvalue weighted by molar-refractivity contribution is 6.19. The Morgan fingerprint density at radius 3 is 1.08 bits per heavy atom. The van der Waals surface area contributed by atoms with Crippen molar-refractivity contribution in [2.75, 3.05) is 0 Å².